The van der Waals surface area contributed by atoms with Gasteiger partial charge < -0.3 is 15.4 Å². The molecule has 28 heavy (non-hydrogen) atoms. The van der Waals surface area contributed by atoms with Crippen LogP contribution < -0.4 is 15.4 Å². The summed E-state index contributed by atoms with van der Waals surface area (Å²) in [7, 11) is 0. The van der Waals surface area contributed by atoms with Gasteiger partial charge in [-0.25, -0.2) is 0 Å². The molecule has 2 N–H and O–H groups in total. The lowest BCUT2D eigenvalue weighted by atomic mass is 10.2. The molecule has 0 unspecified atom stereocenters. The Labute approximate surface area is 170 Å². The van der Waals surface area contributed by atoms with Crippen LogP contribution in [0.1, 0.15) is 19.4 Å². The molecule has 2 rings (SSSR count). The molecule has 0 radical (unpaired) electrons. The second-order valence-corrected chi connectivity index (χ2v) is 6.72. The number of hydrogen-bond acceptors (Lipinski definition) is 4. The number of amides is 2. The minimum atomic E-state index is -0.208. The molecule has 0 aliphatic heterocycles. The average molecular weight is 404 g/mol. The van der Waals surface area contributed by atoms with E-state index in [9.17, 15) is 9.59 Å². The van der Waals surface area contributed by atoms with E-state index in [1.807, 2.05) is 39.0 Å². The standard InChI is InChI=1S/C21H26ClN3O3/c1-4-25(14-21(27)24-18-12-16(22)11-10-15(18)3)13-20(26)23-17-8-6-7-9-19(17)28-5-2/h6-12H,4-5,13-14H2,1-3H3,(H,23,26)(H,24,27). The number of carbonyl (C=O) groups is 2. The number of halogens is 1. The SMILES string of the molecule is CCOc1ccccc1NC(=O)CN(CC)CC(=O)Nc1cc(Cl)ccc1C. The van der Waals surface area contributed by atoms with Gasteiger partial charge >= 0.3 is 0 Å². The summed E-state index contributed by atoms with van der Waals surface area (Å²) in [5.74, 6) is 0.214. The van der Waals surface area contributed by atoms with Crippen molar-refractivity contribution in [2.45, 2.75) is 20.8 Å². The highest BCUT2D eigenvalue weighted by Crippen LogP contribution is 2.23. The number of benzene rings is 2. The number of anilines is 2. The molecule has 0 aliphatic carbocycles. The third kappa shape index (κ3) is 6.55. The minimum absolute atomic E-state index is 0.0961. The highest BCUT2D eigenvalue weighted by Gasteiger charge is 2.15. The van der Waals surface area contributed by atoms with E-state index in [1.165, 1.54) is 0 Å². The molecule has 2 aromatic rings. The molecule has 7 heteroatoms. The number of nitrogens with one attached hydrogen (secondary N) is 2. The van der Waals surface area contributed by atoms with E-state index < -0.39 is 0 Å². The lowest BCUT2D eigenvalue weighted by molar-refractivity contribution is -0.119. The zero-order valence-corrected chi connectivity index (χ0v) is 17.2. The summed E-state index contributed by atoms with van der Waals surface area (Å²) in [6, 6.07) is 12.6. The minimum Gasteiger partial charge on any atom is -0.492 e. The number of hydrogen-bond donors (Lipinski definition) is 2. The largest absolute Gasteiger partial charge is 0.492 e. The summed E-state index contributed by atoms with van der Waals surface area (Å²) in [5, 5.41) is 6.25. The van der Waals surface area contributed by atoms with Gasteiger partial charge in [0.2, 0.25) is 11.8 Å². The van der Waals surface area contributed by atoms with E-state index in [0.717, 1.165) is 5.56 Å². The Morgan fingerprint density at radius 2 is 1.64 bits per heavy atom. The van der Waals surface area contributed by atoms with E-state index in [0.29, 0.717) is 35.3 Å². The molecule has 0 atom stereocenters. The van der Waals surface area contributed by atoms with Crippen LogP contribution >= 0.6 is 11.6 Å². The zero-order valence-electron chi connectivity index (χ0n) is 16.4. The van der Waals surface area contributed by atoms with Crippen molar-refractivity contribution >= 4 is 34.8 Å². The van der Waals surface area contributed by atoms with Crippen LogP contribution in [0.4, 0.5) is 11.4 Å². The maximum absolute atomic E-state index is 12.4. The Morgan fingerprint density at radius 1 is 1.00 bits per heavy atom. The molecule has 6 nitrogen and oxygen atoms in total. The molecule has 2 amide bonds. The smallest absolute Gasteiger partial charge is 0.238 e. The van der Waals surface area contributed by atoms with Crippen molar-refractivity contribution in [3.05, 3.63) is 53.1 Å². The van der Waals surface area contributed by atoms with Gasteiger partial charge in [-0.3, -0.25) is 14.5 Å². The molecule has 0 aliphatic rings. The Kier molecular flexibility index (Phi) is 8.29. The predicted molar refractivity (Wildman–Crippen MR) is 113 cm³/mol. The summed E-state index contributed by atoms with van der Waals surface area (Å²) in [5.41, 5.74) is 2.21. The fraction of sp³-hybridized carbons (Fsp3) is 0.333. The summed E-state index contributed by atoms with van der Waals surface area (Å²) >= 11 is 5.99. The van der Waals surface area contributed by atoms with Gasteiger partial charge in [0.1, 0.15) is 5.75 Å². The molecule has 150 valence electrons. The second-order valence-electron chi connectivity index (χ2n) is 6.29. The number of likely N-dealkylation sites (N-methyl/N-ethyl adjacent to an activating group) is 1. The van der Waals surface area contributed by atoms with Gasteiger partial charge in [-0.05, 0) is 50.2 Å². The first-order valence-corrected chi connectivity index (χ1v) is 9.60. The zero-order chi connectivity index (χ0) is 20.5. The molecular formula is C21H26ClN3O3. The van der Waals surface area contributed by atoms with E-state index in [-0.39, 0.29) is 24.9 Å². The third-order valence-electron chi connectivity index (χ3n) is 4.12. The van der Waals surface area contributed by atoms with Gasteiger partial charge in [-0.1, -0.05) is 36.7 Å². The molecule has 0 heterocycles. The second kappa shape index (κ2) is 10.7. The lowest BCUT2D eigenvalue weighted by Crippen LogP contribution is -2.38. The van der Waals surface area contributed by atoms with Crippen LogP contribution in [0, 0.1) is 6.92 Å². The van der Waals surface area contributed by atoms with Gasteiger partial charge in [0, 0.05) is 10.7 Å². The average Bonchev–Trinajstić information content (AvgIpc) is 2.66. The van der Waals surface area contributed by atoms with Crippen molar-refractivity contribution in [2.75, 3.05) is 36.9 Å². The van der Waals surface area contributed by atoms with Gasteiger partial charge in [0.15, 0.2) is 0 Å². The van der Waals surface area contributed by atoms with Crippen molar-refractivity contribution < 1.29 is 14.3 Å². The van der Waals surface area contributed by atoms with Crippen LogP contribution in [0.25, 0.3) is 0 Å². The number of carbonyl (C=O) groups excluding carboxylic acids is 2. The van der Waals surface area contributed by atoms with Gasteiger partial charge in [-0.15, -0.1) is 0 Å². The number of ether oxygens (including phenoxy) is 1. The number of para-hydroxylation sites is 2. The van der Waals surface area contributed by atoms with Crippen molar-refractivity contribution in [3.63, 3.8) is 0 Å². The third-order valence-corrected chi connectivity index (χ3v) is 4.35. The van der Waals surface area contributed by atoms with E-state index in [2.05, 4.69) is 10.6 Å². The summed E-state index contributed by atoms with van der Waals surface area (Å²) in [4.78, 5) is 26.6. The van der Waals surface area contributed by atoms with Crippen molar-refractivity contribution in [1.82, 2.24) is 4.90 Å². The molecule has 0 fully saturated rings. The monoisotopic (exact) mass is 403 g/mol. The van der Waals surface area contributed by atoms with Crippen LogP contribution in [0.15, 0.2) is 42.5 Å². The van der Waals surface area contributed by atoms with Crippen LogP contribution in [-0.4, -0.2) is 43.0 Å². The quantitative estimate of drug-likeness (QED) is 0.665. The van der Waals surface area contributed by atoms with Crippen molar-refractivity contribution in [2.24, 2.45) is 0 Å². The molecule has 0 saturated carbocycles. The number of aryl methyl sites for hydroxylation is 1. The highest BCUT2D eigenvalue weighted by molar-refractivity contribution is 6.31. The molecule has 2 aromatic carbocycles. The fourth-order valence-electron chi connectivity index (χ4n) is 2.65. The predicted octanol–water partition coefficient (Wildman–Crippen LogP) is 3.95. The van der Waals surface area contributed by atoms with Crippen LogP contribution in [0.3, 0.4) is 0 Å². The van der Waals surface area contributed by atoms with Crippen LogP contribution in [-0.2, 0) is 9.59 Å². The Hall–Kier alpha value is -2.57. The summed E-state index contributed by atoms with van der Waals surface area (Å²) < 4.78 is 5.52. The number of rotatable bonds is 9. The normalized spacial score (nSPS) is 10.6. The van der Waals surface area contributed by atoms with Gasteiger partial charge in [0.25, 0.3) is 0 Å². The van der Waals surface area contributed by atoms with E-state index >= 15 is 0 Å². The fourth-order valence-corrected chi connectivity index (χ4v) is 2.82. The molecule has 0 saturated heterocycles. The topological polar surface area (TPSA) is 70.7 Å². The number of nitrogens with zero attached hydrogens (tertiary/aromatic N) is 1. The van der Waals surface area contributed by atoms with Gasteiger partial charge in [0.05, 0.1) is 25.4 Å². The van der Waals surface area contributed by atoms with E-state index in [1.54, 1.807) is 29.2 Å². The van der Waals surface area contributed by atoms with E-state index in [4.69, 9.17) is 16.3 Å². The molecular weight excluding hydrogens is 378 g/mol. The Morgan fingerprint density at radius 3 is 2.29 bits per heavy atom. The first-order chi connectivity index (χ1) is 13.4. The van der Waals surface area contributed by atoms with Gasteiger partial charge in [-0.2, -0.15) is 0 Å². The lowest BCUT2D eigenvalue weighted by Gasteiger charge is -2.20. The van der Waals surface area contributed by atoms with Crippen molar-refractivity contribution in [3.8, 4) is 5.75 Å². The molecule has 0 aromatic heterocycles. The molecule has 0 spiro atoms. The Balaban J connectivity index is 1.93. The highest BCUT2D eigenvalue weighted by atomic mass is 35.5. The summed E-state index contributed by atoms with van der Waals surface area (Å²) in [6.45, 7) is 6.95. The van der Waals surface area contributed by atoms with Crippen molar-refractivity contribution in [1.29, 1.82) is 0 Å². The first-order valence-electron chi connectivity index (χ1n) is 9.23. The van der Waals surface area contributed by atoms with Crippen LogP contribution in [0.2, 0.25) is 5.02 Å². The summed E-state index contributed by atoms with van der Waals surface area (Å²) in [6.07, 6.45) is 0. The Bertz CT molecular complexity index is 826. The maximum Gasteiger partial charge on any atom is 0.238 e. The van der Waals surface area contributed by atoms with Crippen LogP contribution in [0.5, 0.6) is 5.75 Å². The first kappa shape index (κ1) is 21.7. The maximum atomic E-state index is 12.4. The molecule has 0 bridgehead atoms.